The summed E-state index contributed by atoms with van der Waals surface area (Å²) in [6, 6.07) is 0.0172. The van der Waals surface area contributed by atoms with Crippen LogP contribution in [-0.2, 0) is 25.2 Å². The van der Waals surface area contributed by atoms with E-state index in [0.717, 1.165) is 11.8 Å². The van der Waals surface area contributed by atoms with Crippen LogP contribution in [0.5, 0.6) is 0 Å². The van der Waals surface area contributed by atoms with Gasteiger partial charge in [0.2, 0.25) is 0 Å². The molecule has 3 heterocycles. The molecule has 0 saturated carbocycles. The summed E-state index contributed by atoms with van der Waals surface area (Å²) >= 11 is 0. The van der Waals surface area contributed by atoms with E-state index in [9.17, 15) is 13.2 Å². The second-order valence-electron chi connectivity index (χ2n) is 7.81. The first-order valence-electron chi connectivity index (χ1n) is 9.80. The lowest BCUT2D eigenvalue weighted by molar-refractivity contribution is 0.0973. The van der Waals surface area contributed by atoms with Gasteiger partial charge in [-0.3, -0.25) is 14.8 Å². The number of rotatable bonds is 8. The summed E-state index contributed by atoms with van der Waals surface area (Å²) in [5.74, 6) is -0.388. The Morgan fingerprint density at radius 3 is 2.84 bits per heavy atom. The van der Waals surface area contributed by atoms with Gasteiger partial charge < -0.3 is 13.9 Å². The number of nitrogens with one attached hydrogen (secondary N) is 2. The number of methoxy groups -OCH3 is 1. The van der Waals surface area contributed by atoms with Crippen LogP contribution in [0.1, 0.15) is 36.3 Å². The van der Waals surface area contributed by atoms with E-state index in [4.69, 9.17) is 13.9 Å². The third-order valence-corrected chi connectivity index (χ3v) is 6.21. The van der Waals surface area contributed by atoms with Gasteiger partial charge in [-0.25, -0.2) is 4.72 Å². The molecule has 0 unspecified atom stereocenters. The summed E-state index contributed by atoms with van der Waals surface area (Å²) in [7, 11) is -2.38. The maximum atomic E-state index is 12.5. The van der Waals surface area contributed by atoms with Gasteiger partial charge in [0.05, 0.1) is 18.8 Å². The van der Waals surface area contributed by atoms with Crippen molar-refractivity contribution in [2.24, 2.45) is 0 Å². The SMILES string of the molecule is COCC(C)(C)n1cc(C)c(Nc2nc(C(=O)NS(=O)(=O)N3CCCOCC3)co2)n1. The van der Waals surface area contributed by atoms with Crippen LogP contribution in [-0.4, -0.2) is 73.4 Å². The fraction of sp³-hybridized carbons (Fsp3) is 0.611. The first-order valence-corrected chi connectivity index (χ1v) is 11.2. The molecule has 0 bridgehead atoms. The fourth-order valence-corrected chi connectivity index (χ4v) is 4.20. The molecule has 1 aliphatic rings. The number of aryl methyl sites for hydroxylation is 1. The van der Waals surface area contributed by atoms with E-state index >= 15 is 0 Å². The van der Waals surface area contributed by atoms with E-state index in [2.05, 4.69) is 15.4 Å². The molecule has 2 aromatic heterocycles. The predicted molar refractivity (Wildman–Crippen MR) is 111 cm³/mol. The number of hydrogen-bond donors (Lipinski definition) is 2. The number of carbonyl (C=O) groups is 1. The third kappa shape index (κ3) is 5.61. The standard InChI is InChI=1S/C18H28N6O6S/c1-13-10-24(18(2,3)12-28-4)21-15(13)20-17-19-14(11-30-17)16(25)22-31(26,27)23-6-5-8-29-9-7-23/h10-11H,5-9,12H2,1-4H3,(H,22,25)(H,19,20,21). The number of nitrogens with zero attached hydrogens (tertiary/aromatic N) is 4. The van der Waals surface area contributed by atoms with Gasteiger partial charge in [-0.15, -0.1) is 0 Å². The van der Waals surface area contributed by atoms with E-state index in [1.165, 1.54) is 4.31 Å². The number of oxazole rings is 1. The Balaban J connectivity index is 1.67. The van der Waals surface area contributed by atoms with Crippen molar-refractivity contribution in [2.45, 2.75) is 32.7 Å². The molecule has 1 fully saturated rings. The van der Waals surface area contributed by atoms with Crippen LogP contribution in [0.2, 0.25) is 0 Å². The number of hydrogen-bond acceptors (Lipinski definition) is 9. The zero-order valence-corrected chi connectivity index (χ0v) is 18.9. The summed E-state index contributed by atoms with van der Waals surface area (Å²) in [5.41, 5.74) is 0.293. The van der Waals surface area contributed by atoms with Gasteiger partial charge in [0, 0.05) is 38.6 Å². The Morgan fingerprint density at radius 2 is 2.10 bits per heavy atom. The van der Waals surface area contributed by atoms with E-state index in [1.54, 1.807) is 11.8 Å². The number of carbonyl (C=O) groups excluding carboxylic acids is 1. The van der Waals surface area contributed by atoms with Gasteiger partial charge in [-0.1, -0.05) is 0 Å². The summed E-state index contributed by atoms with van der Waals surface area (Å²) < 4.78 is 45.6. The molecule has 0 spiro atoms. The van der Waals surface area contributed by atoms with Crippen LogP contribution in [0, 0.1) is 6.92 Å². The van der Waals surface area contributed by atoms with Gasteiger partial charge in [0.25, 0.3) is 5.91 Å². The third-order valence-electron chi connectivity index (χ3n) is 4.72. The van der Waals surface area contributed by atoms with Crippen molar-refractivity contribution in [3.05, 3.63) is 23.7 Å². The minimum absolute atomic E-state index is 0.0172. The summed E-state index contributed by atoms with van der Waals surface area (Å²) in [5, 5.41) is 7.40. The highest BCUT2D eigenvalue weighted by Crippen LogP contribution is 2.23. The van der Waals surface area contributed by atoms with Crippen molar-refractivity contribution in [1.29, 1.82) is 0 Å². The number of amides is 1. The Bertz CT molecular complexity index is 1010. The zero-order valence-electron chi connectivity index (χ0n) is 18.0. The molecule has 2 aromatic rings. The summed E-state index contributed by atoms with van der Waals surface area (Å²) in [6.45, 7) is 7.51. The lowest BCUT2D eigenvalue weighted by atomic mass is 10.1. The minimum Gasteiger partial charge on any atom is -0.431 e. The Labute approximate surface area is 181 Å². The molecular weight excluding hydrogens is 428 g/mol. The molecule has 1 amide bonds. The average molecular weight is 457 g/mol. The van der Waals surface area contributed by atoms with Gasteiger partial charge >= 0.3 is 16.2 Å². The lowest BCUT2D eigenvalue weighted by Crippen LogP contribution is -2.44. The van der Waals surface area contributed by atoms with E-state index in [0.29, 0.717) is 25.5 Å². The molecule has 3 rings (SSSR count). The predicted octanol–water partition coefficient (Wildman–Crippen LogP) is 1.00. The number of aromatic nitrogens is 3. The van der Waals surface area contributed by atoms with Crippen molar-refractivity contribution >= 4 is 27.9 Å². The van der Waals surface area contributed by atoms with Crippen LogP contribution < -0.4 is 10.0 Å². The smallest absolute Gasteiger partial charge is 0.304 e. The van der Waals surface area contributed by atoms with Crippen LogP contribution in [0.15, 0.2) is 16.9 Å². The fourth-order valence-electron chi connectivity index (χ4n) is 3.05. The first-order chi connectivity index (χ1) is 14.6. The molecule has 1 aliphatic heterocycles. The number of ether oxygens (including phenoxy) is 2. The molecular formula is C18H28N6O6S. The van der Waals surface area contributed by atoms with Crippen molar-refractivity contribution in [1.82, 2.24) is 23.8 Å². The Hall–Kier alpha value is -2.48. The minimum atomic E-state index is -4.00. The molecule has 13 heteroatoms. The highest BCUT2D eigenvalue weighted by Gasteiger charge is 2.27. The zero-order chi connectivity index (χ0) is 22.6. The van der Waals surface area contributed by atoms with Crippen LogP contribution >= 0.6 is 0 Å². The van der Waals surface area contributed by atoms with Gasteiger partial charge in [-0.2, -0.15) is 22.8 Å². The highest BCUT2D eigenvalue weighted by molar-refractivity contribution is 7.87. The molecule has 0 radical (unpaired) electrons. The van der Waals surface area contributed by atoms with Crippen molar-refractivity contribution < 1.29 is 27.1 Å². The maximum Gasteiger partial charge on any atom is 0.304 e. The summed E-state index contributed by atoms with van der Waals surface area (Å²) in [4.78, 5) is 16.4. The molecule has 0 aromatic carbocycles. The molecule has 2 N–H and O–H groups in total. The molecule has 172 valence electrons. The van der Waals surface area contributed by atoms with Crippen molar-refractivity contribution in [3.8, 4) is 0 Å². The number of anilines is 2. The monoisotopic (exact) mass is 456 g/mol. The molecule has 12 nitrogen and oxygen atoms in total. The highest BCUT2D eigenvalue weighted by atomic mass is 32.2. The van der Waals surface area contributed by atoms with E-state index in [1.807, 2.05) is 31.7 Å². The first kappa shape index (κ1) is 23.2. The topological polar surface area (TPSA) is 141 Å². The molecule has 0 aliphatic carbocycles. The van der Waals surface area contributed by atoms with E-state index < -0.39 is 16.1 Å². The quantitative estimate of drug-likeness (QED) is 0.595. The second kappa shape index (κ2) is 9.34. The Morgan fingerprint density at radius 1 is 1.32 bits per heavy atom. The Kier molecular flexibility index (Phi) is 6.99. The molecule has 1 saturated heterocycles. The molecule has 31 heavy (non-hydrogen) atoms. The largest absolute Gasteiger partial charge is 0.431 e. The van der Waals surface area contributed by atoms with Crippen LogP contribution in [0.25, 0.3) is 0 Å². The normalized spacial score (nSPS) is 16.1. The van der Waals surface area contributed by atoms with Gasteiger partial charge in [-0.05, 0) is 27.2 Å². The van der Waals surface area contributed by atoms with Gasteiger partial charge in [0.1, 0.15) is 6.26 Å². The van der Waals surface area contributed by atoms with Crippen molar-refractivity contribution in [3.63, 3.8) is 0 Å². The molecule has 0 atom stereocenters. The lowest BCUT2D eigenvalue weighted by Gasteiger charge is -2.24. The maximum absolute atomic E-state index is 12.5. The van der Waals surface area contributed by atoms with Crippen LogP contribution in [0.4, 0.5) is 11.8 Å². The van der Waals surface area contributed by atoms with E-state index in [-0.39, 0.29) is 36.9 Å². The van der Waals surface area contributed by atoms with Gasteiger partial charge in [0.15, 0.2) is 11.5 Å². The second-order valence-corrected chi connectivity index (χ2v) is 9.49. The van der Waals surface area contributed by atoms with Crippen molar-refractivity contribution in [2.75, 3.05) is 45.3 Å². The summed E-state index contributed by atoms with van der Waals surface area (Å²) in [6.07, 6.45) is 3.50. The van der Waals surface area contributed by atoms with Crippen LogP contribution in [0.3, 0.4) is 0 Å². The average Bonchev–Trinajstić information content (AvgIpc) is 3.19.